The fourth-order valence-electron chi connectivity index (χ4n) is 1.56. The van der Waals surface area contributed by atoms with E-state index in [1.807, 2.05) is 38.1 Å². The molecule has 0 unspecified atom stereocenters. The van der Waals surface area contributed by atoms with Gasteiger partial charge in [-0.05, 0) is 25.5 Å². The molecule has 4 N–H and O–H groups in total. The molecule has 0 aliphatic carbocycles. The van der Waals surface area contributed by atoms with Gasteiger partial charge in [-0.1, -0.05) is 18.2 Å². The van der Waals surface area contributed by atoms with Gasteiger partial charge in [0.05, 0.1) is 0 Å². The second-order valence-corrected chi connectivity index (χ2v) is 3.77. The summed E-state index contributed by atoms with van der Waals surface area (Å²) in [6.07, 6.45) is 0. The van der Waals surface area contributed by atoms with E-state index in [2.05, 4.69) is 20.7 Å². The summed E-state index contributed by atoms with van der Waals surface area (Å²) in [5, 5.41) is 3.24. The van der Waals surface area contributed by atoms with Crippen LogP contribution in [-0.2, 0) is 0 Å². The third-order valence-electron chi connectivity index (χ3n) is 2.39. The van der Waals surface area contributed by atoms with Gasteiger partial charge in [-0.15, -0.1) is 0 Å². The van der Waals surface area contributed by atoms with E-state index in [-0.39, 0.29) is 0 Å². The Hall–Kier alpha value is -2.14. The van der Waals surface area contributed by atoms with Gasteiger partial charge in [0.25, 0.3) is 0 Å². The molecule has 0 amide bonds. The lowest BCUT2D eigenvalue weighted by molar-refractivity contribution is 1.05. The van der Waals surface area contributed by atoms with Gasteiger partial charge >= 0.3 is 0 Å². The Balaban J connectivity index is 2.30. The van der Waals surface area contributed by atoms with Gasteiger partial charge in [0.2, 0.25) is 0 Å². The lowest BCUT2D eigenvalue weighted by Gasteiger charge is -2.10. The lowest BCUT2D eigenvalue weighted by atomic mass is 10.2. The third-order valence-corrected chi connectivity index (χ3v) is 2.39. The zero-order chi connectivity index (χ0) is 12.3. The Morgan fingerprint density at radius 3 is 2.47 bits per heavy atom. The standard InChI is InChI=1S/C12H15N5/c1-8-5-3-4-6-10(8)16-11-7-12(17-13)15-9(2)14-11/h3-7H,13H2,1-2H3,(H2,14,15,16,17). The minimum Gasteiger partial charge on any atom is -0.340 e. The number of benzene rings is 1. The smallest absolute Gasteiger partial charge is 0.145 e. The van der Waals surface area contributed by atoms with Crippen molar-refractivity contribution in [3.8, 4) is 0 Å². The highest BCUT2D eigenvalue weighted by molar-refractivity contribution is 5.62. The normalized spacial score (nSPS) is 10.1. The molecule has 5 nitrogen and oxygen atoms in total. The molecule has 0 saturated carbocycles. The van der Waals surface area contributed by atoms with Crippen LogP contribution in [0.5, 0.6) is 0 Å². The minimum atomic E-state index is 0.591. The van der Waals surface area contributed by atoms with Crippen molar-refractivity contribution in [1.29, 1.82) is 0 Å². The molecule has 0 atom stereocenters. The minimum absolute atomic E-state index is 0.591. The Bertz CT molecular complexity index is 524. The molecule has 2 aromatic rings. The van der Waals surface area contributed by atoms with Crippen LogP contribution in [0.1, 0.15) is 11.4 Å². The highest BCUT2D eigenvalue weighted by Gasteiger charge is 2.02. The van der Waals surface area contributed by atoms with Crippen molar-refractivity contribution in [2.24, 2.45) is 5.84 Å². The molecule has 0 radical (unpaired) electrons. The number of nitrogens with one attached hydrogen (secondary N) is 2. The van der Waals surface area contributed by atoms with Crippen LogP contribution in [0, 0.1) is 13.8 Å². The summed E-state index contributed by atoms with van der Waals surface area (Å²) in [4.78, 5) is 8.43. The summed E-state index contributed by atoms with van der Waals surface area (Å²) in [6.45, 7) is 3.86. The maximum atomic E-state index is 5.34. The van der Waals surface area contributed by atoms with Crippen LogP contribution < -0.4 is 16.6 Å². The molecule has 0 aliphatic rings. The van der Waals surface area contributed by atoms with Crippen molar-refractivity contribution in [3.05, 3.63) is 41.7 Å². The molecule has 88 valence electrons. The molecule has 1 aromatic carbocycles. The number of anilines is 3. The van der Waals surface area contributed by atoms with Gasteiger partial charge in [0.1, 0.15) is 17.5 Å². The first kappa shape index (κ1) is 11.3. The van der Waals surface area contributed by atoms with E-state index in [0.717, 1.165) is 17.1 Å². The van der Waals surface area contributed by atoms with Crippen molar-refractivity contribution in [2.45, 2.75) is 13.8 Å². The number of hydrazine groups is 1. The summed E-state index contributed by atoms with van der Waals surface area (Å²) < 4.78 is 0. The van der Waals surface area contributed by atoms with Gasteiger partial charge < -0.3 is 10.7 Å². The summed E-state index contributed by atoms with van der Waals surface area (Å²) in [5.74, 6) is 7.32. The van der Waals surface area contributed by atoms with Crippen molar-refractivity contribution >= 4 is 17.3 Å². The molecule has 1 heterocycles. The number of rotatable bonds is 3. The number of hydrogen-bond donors (Lipinski definition) is 3. The molecule has 1 aromatic heterocycles. The lowest BCUT2D eigenvalue weighted by Crippen LogP contribution is -2.10. The van der Waals surface area contributed by atoms with Crippen molar-refractivity contribution in [1.82, 2.24) is 9.97 Å². The number of aromatic nitrogens is 2. The topological polar surface area (TPSA) is 75.9 Å². The average Bonchev–Trinajstić information content (AvgIpc) is 2.31. The molecule has 0 spiro atoms. The molecule has 0 fully saturated rings. The van der Waals surface area contributed by atoms with Gasteiger partial charge in [-0.3, -0.25) is 0 Å². The molecule has 17 heavy (non-hydrogen) atoms. The van der Waals surface area contributed by atoms with E-state index in [9.17, 15) is 0 Å². The molecule has 0 aliphatic heterocycles. The van der Waals surface area contributed by atoms with E-state index >= 15 is 0 Å². The van der Waals surface area contributed by atoms with E-state index in [4.69, 9.17) is 5.84 Å². The Morgan fingerprint density at radius 1 is 1.06 bits per heavy atom. The summed E-state index contributed by atoms with van der Waals surface area (Å²) in [6, 6.07) is 9.78. The SMILES string of the molecule is Cc1nc(NN)cc(Nc2ccccc2C)n1. The van der Waals surface area contributed by atoms with E-state index in [1.54, 1.807) is 6.07 Å². The molecular formula is C12H15N5. The first-order valence-electron chi connectivity index (χ1n) is 5.34. The second-order valence-electron chi connectivity index (χ2n) is 3.77. The van der Waals surface area contributed by atoms with Gasteiger partial charge in [0, 0.05) is 11.8 Å². The van der Waals surface area contributed by atoms with Crippen molar-refractivity contribution in [3.63, 3.8) is 0 Å². The number of aryl methyl sites for hydroxylation is 2. The van der Waals surface area contributed by atoms with Crippen LogP contribution in [0.15, 0.2) is 30.3 Å². The van der Waals surface area contributed by atoms with Gasteiger partial charge in [0.15, 0.2) is 0 Å². The Morgan fingerprint density at radius 2 is 1.76 bits per heavy atom. The number of hydrogen-bond acceptors (Lipinski definition) is 5. The van der Waals surface area contributed by atoms with E-state index in [0.29, 0.717) is 11.6 Å². The van der Waals surface area contributed by atoms with Crippen LogP contribution in [0.25, 0.3) is 0 Å². The largest absolute Gasteiger partial charge is 0.340 e. The highest BCUT2D eigenvalue weighted by Crippen LogP contribution is 2.19. The van der Waals surface area contributed by atoms with Crippen molar-refractivity contribution in [2.75, 3.05) is 10.7 Å². The molecule has 2 rings (SSSR count). The van der Waals surface area contributed by atoms with E-state index < -0.39 is 0 Å². The number of nitrogens with zero attached hydrogens (tertiary/aromatic N) is 2. The van der Waals surface area contributed by atoms with Crippen LogP contribution in [0.2, 0.25) is 0 Å². The Labute approximate surface area is 100 Å². The van der Waals surface area contributed by atoms with Crippen LogP contribution in [-0.4, -0.2) is 9.97 Å². The maximum absolute atomic E-state index is 5.34. The first-order valence-corrected chi connectivity index (χ1v) is 5.34. The molecule has 5 heteroatoms. The fraction of sp³-hybridized carbons (Fsp3) is 0.167. The zero-order valence-corrected chi connectivity index (χ0v) is 9.86. The zero-order valence-electron chi connectivity index (χ0n) is 9.86. The van der Waals surface area contributed by atoms with Gasteiger partial charge in [-0.25, -0.2) is 15.8 Å². The average molecular weight is 229 g/mol. The number of para-hydroxylation sites is 1. The molecule has 0 bridgehead atoms. The van der Waals surface area contributed by atoms with E-state index in [1.165, 1.54) is 0 Å². The Kier molecular flexibility index (Phi) is 3.20. The predicted molar refractivity (Wildman–Crippen MR) is 69.0 cm³/mol. The van der Waals surface area contributed by atoms with Crippen LogP contribution in [0.3, 0.4) is 0 Å². The molecular weight excluding hydrogens is 214 g/mol. The molecule has 0 saturated heterocycles. The number of nitrogen functional groups attached to an aromatic ring is 1. The highest BCUT2D eigenvalue weighted by atomic mass is 15.3. The summed E-state index contributed by atoms with van der Waals surface area (Å²) in [7, 11) is 0. The third kappa shape index (κ3) is 2.70. The first-order chi connectivity index (χ1) is 8.19. The van der Waals surface area contributed by atoms with Crippen LogP contribution >= 0.6 is 0 Å². The quantitative estimate of drug-likeness (QED) is 0.555. The van der Waals surface area contributed by atoms with Gasteiger partial charge in [-0.2, -0.15) is 0 Å². The maximum Gasteiger partial charge on any atom is 0.145 e. The summed E-state index contributed by atoms with van der Waals surface area (Å²) >= 11 is 0. The second kappa shape index (κ2) is 4.80. The predicted octanol–water partition coefficient (Wildman–Crippen LogP) is 2.12. The van der Waals surface area contributed by atoms with Crippen LogP contribution in [0.4, 0.5) is 17.3 Å². The number of nitrogens with two attached hydrogens (primary N) is 1. The monoisotopic (exact) mass is 229 g/mol. The van der Waals surface area contributed by atoms with Crippen molar-refractivity contribution < 1.29 is 0 Å². The fourth-order valence-corrected chi connectivity index (χ4v) is 1.56. The summed E-state index contributed by atoms with van der Waals surface area (Å²) in [5.41, 5.74) is 4.70.